The van der Waals surface area contributed by atoms with Gasteiger partial charge < -0.3 is 14.7 Å². The number of carbonyl (C=O) groups is 2. The zero-order chi connectivity index (χ0) is 17.6. The number of urea groups is 1. The van der Waals surface area contributed by atoms with Gasteiger partial charge in [0.15, 0.2) is 0 Å². The predicted octanol–water partition coefficient (Wildman–Crippen LogP) is 0.359. The second kappa shape index (κ2) is 6.01. The molecule has 0 bridgehead atoms. The second-order valence-electron chi connectivity index (χ2n) is 7.58. The molecule has 0 aromatic carbocycles. The standard InChI is InChI=1S/C17H26N6O2/c1-19-11-15(24)23(14-9-18-20(2)10-14)13-17(19)5-8-22(12-17)16(25)21-6-3-4-7-21/h9-10H,3-8,11-13H2,1-2H3/t17-/m1/s1. The minimum Gasteiger partial charge on any atom is -0.325 e. The van der Waals surface area contributed by atoms with Gasteiger partial charge in [0.05, 0.1) is 24.0 Å². The van der Waals surface area contributed by atoms with E-state index in [9.17, 15) is 9.59 Å². The highest BCUT2D eigenvalue weighted by molar-refractivity contribution is 5.95. The first kappa shape index (κ1) is 16.4. The zero-order valence-corrected chi connectivity index (χ0v) is 15.0. The van der Waals surface area contributed by atoms with Crippen LogP contribution in [0.5, 0.6) is 0 Å². The number of piperazine rings is 1. The predicted molar refractivity (Wildman–Crippen MR) is 93.3 cm³/mol. The van der Waals surface area contributed by atoms with Gasteiger partial charge in [0.2, 0.25) is 5.91 Å². The van der Waals surface area contributed by atoms with Crippen LogP contribution in [0, 0.1) is 0 Å². The summed E-state index contributed by atoms with van der Waals surface area (Å²) >= 11 is 0. The fourth-order valence-electron chi connectivity index (χ4n) is 4.31. The number of hydrogen-bond donors (Lipinski definition) is 0. The van der Waals surface area contributed by atoms with Crippen LogP contribution in [0.2, 0.25) is 0 Å². The lowest BCUT2D eigenvalue weighted by atomic mass is 9.93. The van der Waals surface area contributed by atoms with Crippen molar-refractivity contribution in [1.29, 1.82) is 0 Å². The van der Waals surface area contributed by atoms with Gasteiger partial charge in [0.25, 0.3) is 0 Å². The number of carbonyl (C=O) groups excluding carboxylic acids is 2. The van der Waals surface area contributed by atoms with E-state index in [1.165, 1.54) is 0 Å². The molecule has 3 fully saturated rings. The van der Waals surface area contributed by atoms with E-state index in [4.69, 9.17) is 0 Å². The van der Waals surface area contributed by atoms with Crippen molar-refractivity contribution in [3.8, 4) is 0 Å². The number of aromatic nitrogens is 2. The number of hydrogen-bond acceptors (Lipinski definition) is 4. The Morgan fingerprint density at radius 1 is 1.12 bits per heavy atom. The quantitative estimate of drug-likeness (QED) is 0.736. The van der Waals surface area contributed by atoms with Crippen molar-refractivity contribution in [1.82, 2.24) is 24.5 Å². The lowest BCUT2D eigenvalue weighted by molar-refractivity contribution is -0.123. The first-order valence-corrected chi connectivity index (χ1v) is 9.03. The van der Waals surface area contributed by atoms with E-state index in [1.807, 2.05) is 35.0 Å². The van der Waals surface area contributed by atoms with Crippen LogP contribution in [0.15, 0.2) is 12.4 Å². The van der Waals surface area contributed by atoms with Crippen molar-refractivity contribution in [2.24, 2.45) is 7.05 Å². The average Bonchev–Trinajstić information content (AvgIpc) is 3.32. The lowest BCUT2D eigenvalue weighted by Gasteiger charge is -2.46. The summed E-state index contributed by atoms with van der Waals surface area (Å²) in [5, 5.41) is 4.19. The van der Waals surface area contributed by atoms with Crippen LogP contribution in [0.4, 0.5) is 10.5 Å². The van der Waals surface area contributed by atoms with E-state index in [0.29, 0.717) is 19.6 Å². The number of nitrogens with zero attached hydrogens (tertiary/aromatic N) is 6. The molecule has 0 radical (unpaired) electrons. The molecule has 1 spiro atoms. The van der Waals surface area contributed by atoms with Gasteiger partial charge in [0, 0.05) is 46.0 Å². The molecular formula is C17H26N6O2. The van der Waals surface area contributed by atoms with Crippen molar-refractivity contribution in [3.63, 3.8) is 0 Å². The van der Waals surface area contributed by atoms with Crippen molar-refractivity contribution < 1.29 is 9.59 Å². The van der Waals surface area contributed by atoms with Gasteiger partial charge in [-0.05, 0) is 26.3 Å². The van der Waals surface area contributed by atoms with Crippen LogP contribution in [0.25, 0.3) is 0 Å². The highest BCUT2D eigenvalue weighted by Gasteiger charge is 2.49. The largest absolute Gasteiger partial charge is 0.325 e. The van der Waals surface area contributed by atoms with Gasteiger partial charge >= 0.3 is 6.03 Å². The Hall–Kier alpha value is -2.09. The average molecular weight is 346 g/mol. The maximum absolute atomic E-state index is 12.7. The second-order valence-corrected chi connectivity index (χ2v) is 7.58. The summed E-state index contributed by atoms with van der Waals surface area (Å²) < 4.78 is 1.71. The smallest absolute Gasteiger partial charge is 0.320 e. The van der Waals surface area contributed by atoms with Crippen LogP contribution in [-0.4, -0.2) is 88.3 Å². The number of anilines is 1. The van der Waals surface area contributed by atoms with Crippen LogP contribution < -0.4 is 4.90 Å². The van der Waals surface area contributed by atoms with Crippen molar-refractivity contribution in [2.45, 2.75) is 24.8 Å². The molecule has 1 aromatic heterocycles. The molecule has 3 amide bonds. The SMILES string of the molecule is CN1CC(=O)N(c2cnn(C)c2)C[C@]12CCN(C(=O)N1CCCC1)C2. The van der Waals surface area contributed by atoms with Gasteiger partial charge in [0.1, 0.15) is 0 Å². The molecule has 0 aliphatic carbocycles. The molecule has 136 valence electrons. The van der Waals surface area contributed by atoms with Gasteiger partial charge in [-0.3, -0.25) is 14.4 Å². The van der Waals surface area contributed by atoms with Gasteiger partial charge in [-0.15, -0.1) is 0 Å². The van der Waals surface area contributed by atoms with Crippen LogP contribution in [0.1, 0.15) is 19.3 Å². The van der Waals surface area contributed by atoms with Crippen LogP contribution >= 0.6 is 0 Å². The highest BCUT2D eigenvalue weighted by Crippen LogP contribution is 2.34. The van der Waals surface area contributed by atoms with Crippen LogP contribution in [0.3, 0.4) is 0 Å². The van der Waals surface area contributed by atoms with E-state index in [-0.39, 0.29) is 17.5 Å². The number of likely N-dealkylation sites (tertiary alicyclic amines) is 2. The molecular weight excluding hydrogens is 320 g/mol. The summed E-state index contributed by atoms with van der Waals surface area (Å²) in [6, 6.07) is 0.160. The summed E-state index contributed by atoms with van der Waals surface area (Å²) in [5.41, 5.74) is 0.670. The van der Waals surface area contributed by atoms with Crippen molar-refractivity contribution >= 4 is 17.6 Å². The zero-order valence-electron chi connectivity index (χ0n) is 15.0. The summed E-state index contributed by atoms with van der Waals surface area (Å²) in [6.07, 6.45) is 6.72. The van der Waals surface area contributed by atoms with E-state index >= 15 is 0 Å². The molecule has 1 atom stereocenters. The Kier molecular flexibility index (Phi) is 3.94. The molecule has 8 nitrogen and oxygen atoms in total. The maximum Gasteiger partial charge on any atom is 0.320 e. The van der Waals surface area contributed by atoms with Gasteiger partial charge in [-0.1, -0.05) is 0 Å². The molecule has 8 heteroatoms. The number of rotatable bonds is 1. The Labute approximate surface area is 147 Å². The van der Waals surface area contributed by atoms with Gasteiger partial charge in [-0.25, -0.2) is 4.79 Å². The monoisotopic (exact) mass is 346 g/mol. The summed E-state index contributed by atoms with van der Waals surface area (Å²) in [4.78, 5) is 33.2. The van der Waals surface area contributed by atoms with Gasteiger partial charge in [-0.2, -0.15) is 5.10 Å². The third kappa shape index (κ3) is 2.78. The fraction of sp³-hybridized carbons (Fsp3) is 0.706. The van der Waals surface area contributed by atoms with E-state index in [1.54, 1.807) is 10.9 Å². The van der Waals surface area contributed by atoms with E-state index in [2.05, 4.69) is 10.00 Å². The number of likely N-dealkylation sites (N-methyl/N-ethyl adjacent to an activating group) is 1. The Balaban J connectivity index is 1.52. The molecule has 4 heterocycles. The highest BCUT2D eigenvalue weighted by atomic mass is 16.2. The molecule has 1 aromatic rings. The van der Waals surface area contributed by atoms with Crippen molar-refractivity contribution in [2.75, 3.05) is 51.2 Å². The molecule has 3 saturated heterocycles. The molecule has 3 aliphatic heterocycles. The summed E-state index contributed by atoms with van der Waals surface area (Å²) in [6.45, 7) is 4.17. The first-order chi connectivity index (χ1) is 12.0. The molecule has 0 unspecified atom stereocenters. The normalized spacial score (nSPS) is 27.8. The molecule has 4 rings (SSSR count). The fourth-order valence-corrected chi connectivity index (χ4v) is 4.31. The Morgan fingerprint density at radius 2 is 1.88 bits per heavy atom. The first-order valence-electron chi connectivity index (χ1n) is 9.03. The lowest BCUT2D eigenvalue weighted by Crippen LogP contribution is -2.64. The Bertz CT molecular complexity index is 682. The minimum atomic E-state index is -0.168. The minimum absolute atomic E-state index is 0.0884. The van der Waals surface area contributed by atoms with E-state index < -0.39 is 0 Å². The van der Waals surface area contributed by atoms with Crippen LogP contribution in [-0.2, 0) is 11.8 Å². The summed E-state index contributed by atoms with van der Waals surface area (Å²) in [7, 11) is 3.86. The number of aryl methyl sites for hydroxylation is 1. The molecule has 0 N–H and O–H groups in total. The molecule has 3 aliphatic rings. The summed E-state index contributed by atoms with van der Waals surface area (Å²) in [5.74, 6) is 0.0884. The topological polar surface area (TPSA) is 64.9 Å². The third-order valence-electron chi connectivity index (χ3n) is 5.92. The number of amides is 3. The molecule has 25 heavy (non-hydrogen) atoms. The molecule has 0 saturated carbocycles. The van der Waals surface area contributed by atoms with E-state index in [0.717, 1.165) is 44.6 Å². The van der Waals surface area contributed by atoms with Crippen molar-refractivity contribution in [3.05, 3.63) is 12.4 Å². The third-order valence-corrected chi connectivity index (χ3v) is 5.92. The Morgan fingerprint density at radius 3 is 2.56 bits per heavy atom. The maximum atomic E-state index is 12.7.